The van der Waals surface area contributed by atoms with Crippen LogP contribution in [0.5, 0.6) is 11.6 Å². The van der Waals surface area contributed by atoms with Crippen LogP contribution < -0.4 is 4.74 Å². The van der Waals surface area contributed by atoms with Crippen molar-refractivity contribution in [1.29, 1.82) is 0 Å². The fourth-order valence-electron chi connectivity index (χ4n) is 2.04. The maximum atomic E-state index is 12.9. The minimum Gasteiger partial charge on any atom is -0.436 e. The van der Waals surface area contributed by atoms with Gasteiger partial charge in [0.05, 0.1) is 16.2 Å². The van der Waals surface area contributed by atoms with Gasteiger partial charge >= 0.3 is 6.18 Å². The number of nitro benzene ring substituents is 1. The second-order valence-corrected chi connectivity index (χ2v) is 5.18. The van der Waals surface area contributed by atoms with Gasteiger partial charge in [-0.2, -0.15) is 13.2 Å². The molecular weight excluding hydrogens is 369 g/mol. The van der Waals surface area contributed by atoms with Crippen molar-refractivity contribution < 1.29 is 28.0 Å². The van der Waals surface area contributed by atoms with Crippen molar-refractivity contribution in [2.45, 2.75) is 13.1 Å². The van der Waals surface area contributed by atoms with E-state index in [9.17, 15) is 28.5 Å². The number of hydrogen-bond donors (Lipinski definition) is 0. The van der Waals surface area contributed by atoms with E-state index in [0.717, 1.165) is 25.2 Å². The monoisotopic (exact) mass is 377 g/mol. The summed E-state index contributed by atoms with van der Waals surface area (Å²) in [5, 5.41) is 27.0. The van der Waals surface area contributed by atoms with Crippen LogP contribution in [0.3, 0.4) is 0 Å². The Labute approximate surface area is 143 Å². The third-order valence-corrected chi connectivity index (χ3v) is 3.48. The predicted molar refractivity (Wildman–Crippen MR) is 79.3 cm³/mol. The molecule has 0 N–H and O–H groups in total. The summed E-state index contributed by atoms with van der Waals surface area (Å²) in [7, 11) is 1.04. The molecule has 1 aromatic heterocycles. The van der Waals surface area contributed by atoms with Gasteiger partial charge in [-0.3, -0.25) is 14.8 Å². The lowest BCUT2D eigenvalue weighted by Gasteiger charge is -2.07. The van der Waals surface area contributed by atoms with Crippen molar-refractivity contribution in [1.82, 2.24) is 9.78 Å². The van der Waals surface area contributed by atoms with E-state index in [1.165, 1.54) is 6.92 Å². The van der Waals surface area contributed by atoms with Gasteiger partial charge in [0, 0.05) is 13.1 Å². The molecule has 0 spiro atoms. The molecule has 0 aliphatic heterocycles. The van der Waals surface area contributed by atoms with Crippen LogP contribution in [-0.2, 0) is 18.4 Å². The van der Waals surface area contributed by atoms with Gasteiger partial charge in [-0.15, -0.1) is 10.3 Å². The first-order valence-electron chi connectivity index (χ1n) is 6.49. The summed E-state index contributed by atoms with van der Waals surface area (Å²) in [6.45, 7) is 1.24. The normalized spacial score (nSPS) is 12.3. The van der Waals surface area contributed by atoms with E-state index < -0.39 is 33.4 Å². The molecule has 1 heterocycles. The highest BCUT2D eigenvalue weighted by Crippen LogP contribution is 2.40. The number of nitrogens with zero attached hydrogens (tertiary/aromatic N) is 4. The predicted octanol–water partition coefficient (Wildman–Crippen LogP) is 3.95. The second-order valence-electron chi connectivity index (χ2n) is 4.80. The number of halogens is 4. The highest BCUT2D eigenvalue weighted by atomic mass is 35.5. The van der Waals surface area contributed by atoms with Crippen LogP contribution >= 0.6 is 11.6 Å². The van der Waals surface area contributed by atoms with Gasteiger partial charge in [-0.1, -0.05) is 11.6 Å². The maximum absolute atomic E-state index is 12.9. The maximum Gasteiger partial charge on any atom is 0.434 e. The van der Waals surface area contributed by atoms with E-state index in [2.05, 4.69) is 10.3 Å². The smallest absolute Gasteiger partial charge is 0.434 e. The van der Waals surface area contributed by atoms with Crippen LogP contribution in [0.15, 0.2) is 23.4 Å². The Bertz CT molecular complexity index is 864. The Hall–Kier alpha value is -2.82. The van der Waals surface area contributed by atoms with Gasteiger partial charge in [0.15, 0.2) is 5.69 Å². The molecule has 1 radical (unpaired) electrons. The van der Waals surface area contributed by atoms with Crippen LogP contribution in [0.4, 0.5) is 18.9 Å². The number of hydrogen-bond acceptors (Lipinski definition) is 5. The van der Waals surface area contributed by atoms with Crippen molar-refractivity contribution in [2.75, 3.05) is 0 Å². The summed E-state index contributed by atoms with van der Waals surface area (Å²) in [4.78, 5) is 10.2. The first-order valence-corrected chi connectivity index (χ1v) is 6.87. The summed E-state index contributed by atoms with van der Waals surface area (Å²) in [6.07, 6.45) is -4.74. The number of nitro groups is 1. The third-order valence-electron chi connectivity index (χ3n) is 3.13. The Balaban J connectivity index is 2.47. The SMILES string of the molecule is CC(=N[O])c1cc(Oc2nn(C)c(C(F)(F)F)c2Cl)ccc1[N+](=O)[O-]. The number of benzene rings is 1. The van der Waals surface area contributed by atoms with Crippen molar-refractivity contribution >= 4 is 23.0 Å². The molecular formula is C13H9ClF3N4O4. The van der Waals surface area contributed by atoms with Crippen LogP contribution in [-0.4, -0.2) is 20.4 Å². The first-order chi connectivity index (χ1) is 11.6. The number of ether oxygens (including phenoxy) is 1. The molecule has 2 rings (SSSR count). The van der Waals surface area contributed by atoms with Gasteiger partial charge in [0.1, 0.15) is 10.8 Å². The highest BCUT2D eigenvalue weighted by molar-refractivity contribution is 6.32. The average molecular weight is 378 g/mol. The van der Waals surface area contributed by atoms with E-state index in [-0.39, 0.29) is 17.0 Å². The van der Waals surface area contributed by atoms with Crippen LogP contribution in [0.1, 0.15) is 18.2 Å². The van der Waals surface area contributed by atoms with Gasteiger partial charge < -0.3 is 4.74 Å². The summed E-state index contributed by atoms with van der Waals surface area (Å²) in [6, 6.07) is 3.26. The topological polar surface area (TPSA) is 102 Å². The average Bonchev–Trinajstić information content (AvgIpc) is 2.79. The quantitative estimate of drug-likeness (QED) is 0.457. The number of rotatable bonds is 4. The Morgan fingerprint density at radius 3 is 2.56 bits per heavy atom. The van der Waals surface area contributed by atoms with E-state index in [0.29, 0.717) is 4.68 Å². The first kappa shape index (κ1) is 18.5. The lowest BCUT2D eigenvalue weighted by Crippen LogP contribution is -2.12. The molecule has 2 aromatic rings. The summed E-state index contributed by atoms with van der Waals surface area (Å²) in [5.74, 6) is -0.634. The zero-order chi connectivity index (χ0) is 18.9. The summed E-state index contributed by atoms with van der Waals surface area (Å²) >= 11 is 5.67. The van der Waals surface area contributed by atoms with E-state index in [1.54, 1.807) is 0 Å². The fourth-order valence-corrected chi connectivity index (χ4v) is 2.34. The van der Waals surface area contributed by atoms with E-state index in [4.69, 9.17) is 16.3 Å². The second kappa shape index (κ2) is 6.59. The molecule has 0 fully saturated rings. The third kappa shape index (κ3) is 3.65. The van der Waals surface area contributed by atoms with Crippen molar-refractivity contribution in [3.05, 3.63) is 44.6 Å². The molecule has 0 atom stereocenters. The summed E-state index contributed by atoms with van der Waals surface area (Å²) in [5.41, 5.74) is -1.95. The molecule has 0 saturated heterocycles. The van der Waals surface area contributed by atoms with Crippen LogP contribution in [0.2, 0.25) is 5.02 Å². The van der Waals surface area contributed by atoms with Crippen molar-refractivity contribution in [3.63, 3.8) is 0 Å². The fraction of sp³-hybridized carbons (Fsp3) is 0.231. The number of alkyl halides is 3. The molecule has 0 bridgehead atoms. The minimum atomic E-state index is -4.74. The minimum absolute atomic E-state index is 0.0997. The standard InChI is InChI=1S/C13H9ClF3N4O4/c1-6(19-22)8-5-7(3-4-9(8)21(23)24)25-12-10(14)11(13(15,16)17)20(2)18-12/h3-5H,1-2H3. The molecule has 133 valence electrons. The molecule has 0 saturated carbocycles. The largest absolute Gasteiger partial charge is 0.436 e. The Kier molecular flexibility index (Phi) is 4.88. The van der Waals surface area contributed by atoms with Gasteiger partial charge in [-0.25, -0.2) is 0 Å². The highest BCUT2D eigenvalue weighted by Gasteiger charge is 2.39. The van der Waals surface area contributed by atoms with Gasteiger partial charge in [-0.05, 0) is 24.2 Å². The Morgan fingerprint density at radius 2 is 2.08 bits per heavy atom. The molecule has 8 nitrogen and oxygen atoms in total. The molecule has 0 aliphatic rings. The molecule has 12 heteroatoms. The molecule has 1 aromatic carbocycles. The lowest BCUT2D eigenvalue weighted by atomic mass is 10.1. The van der Waals surface area contributed by atoms with Crippen LogP contribution in [0.25, 0.3) is 0 Å². The van der Waals surface area contributed by atoms with Gasteiger partial charge in [0.2, 0.25) is 0 Å². The van der Waals surface area contributed by atoms with Crippen LogP contribution in [0, 0.1) is 10.1 Å². The molecule has 0 amide bonds. The van der Waals surface area contributed by atoms with E-state index in [1.807, 2.05) is 0 Å². The number of aryl methyl sites for hydroxylation is 1. The lowest BCUT2D eigenvalue weighted by molar-refractivity contribution is -0.385. The molecule has 25 heavy (non-hydrogen) atoms. The van der Waals surface area contributed by atoms with Crippen molar-refractivity contribution in [3.8, 4) is 11.6 Å². The molecule has 0 aliphatic carbocycles. The van der Waals surface area contributed by atoms with Gasteiger partial charge in [0.25, 0.3) is 11.6 Å². The Morgan fingerprint density at radius 1 is 1.44 bits per heavy atom. The van der Waals surface area contributed by atoms with E-state index >= 15 is 0 Å². The molecule has 0 unspecified atom stereocenters. The zero-order valence-corrected chi connectivity index (χ0v) is 13.4. The number of aromatic nitrogens is 2. The zero-order valence-electron chi connectivity index (χ0n) is 12.7. The van der Waals surface area contributed by atoms with Crippen molar-refractivity contribution in [2.24, 2.45) is 12.2 Å². The summed E-state index contributed by atoms with van der Waals surface area (Å²) < 4.78 is 44.4.